The summed E-state index contributed by atoms with van der Waals surface area (Å²) in [4.78, 5) is 28.9. The lowest BCUT2D eigenvalue weighted by molar-refractivity contribution is 0.0925. The van der Waals surface area contributed by atoms with Crippen molar-refractivity contribution in [2.24, 2.45) is 0 Å². The fourth-order valence-electron chi connectivity index (χ4n) is 2.69. The molecule has 0 aliphatic carbocycles. The molecule has 0 spiro atoms. The van der Waals surface area contributed by atoms with E-state index in [2.05, 4.69) is 15.6 Å². The number of nitrogens with zero attached hydrogens (tertiary/aromatic N) is 1. The van der Waals surface area contributed by atoms with E-state index in [9.17, 15) is 14.0 Å². The molecule has 0 bridgehead atoms. The first-order chi connectivity index (χ1) is 14.4. The van der Waals surface area contributed by atoms with E-state index in [1.54, 1.807) is 43.3 Å². The van der Waals surface area contributed by atoms with Crippen molar-refractivity contribution in [2.75, 3.05) is 13.1 Å². The molecule has 6 nitrogen and oxygen atoms in total. The largest absolute Gasteiger partial charge is 0.486 e. The monoisotopic (exact) mass is 427 g/mol. The van der Waals surface area contributed by atoms with E-state index in [-0.39, 0.29) is 31.2 Å². The van der Waals surface area contributed by atoms with Gasteiger partial charge in [0, 0.05) is 24.0 Å². The molecule has 0 unspecified atom stereocenters. The predicted octanol–water partition coefficient (Wildman–Crippen LogP) is 3.64. The fraction of sp³-hybridized carbons (Fsp3) is 0.227. The van der Waals surface area contributed by atoms with Gasteiger partial charge < -0.3 is 15.4 Å². The number of hydrogen-bond donors (Lipinski definition) is 2. The Bertz CT molecular complexity index is 1050. The van der Waals surface area contributed by atoms with Crippen molar-refractivity contribution < 1.29 is 18.7 Å². The first kappa shape index (κ1) is 21.4. The molecule has 2 N–H and O–H groups in total. The molecule has 30 heavy (non-hydrogen) atoms. The van der Waals surface area contributed by atoms with Gasteiger partial charge >= 0.3 is 0 Å². The van der Waals surface area contributed by atoms with Gasteiger partial charge in [-0.3, -0.25) is 9.59 Å². The topological polar surface area (TPSA) is 80.3 Å². The normalized spacial score (nSPS) is 10.5. The average molecular weight is 428 g/mol. The van der Waals surface area contributed by atoms with Crippen LogP contribution in [0.1, 0.15) is 37.0 Å². The van der Waals surface area contributed by atoms with E-state index in [1.165, 1.54) is 17.4 Å². The third kappa shape index (κ3) is 5.64. The molecule has 2 aromatic carbocycles. The van der Waals surface area contributed by atoms with E-state index in [1.807, 2.05) is 12.3 Å². The van der Waals surface area contributed by atoms with E-state index < -0.39 is 11.7 Å². The van der Waals surface area contributed by atoms with Crippen LogP contribution in [0.4, 0.5) is 4.39 Å². The van der Waals surface area contributed by atoms with Crippen LogP contribution in [0.2, 0.25) is 0 Å². The summed E-state index contributed by atoms with van der Waals surface area (Å²) in [5.41, 5.74) is 1.92. The summed E-state index contributed by atoms with van der Waals surface area (Å²) >= 11 is 1.54. The molecule has 0 fully saturated rings. The number of amides is 2. The van der Waals surface area contributed by atoms with Crippen LogP contribution in [-0.4, -0.2) is 29.9 Å². The third-order valence-electron chi connectivity index (χ3n) is 4.30. The molecule has 1 aromatic heterocycles. The van der Waals surface area contributed by atoms with Crippen LogP contribution in [0.15, 0.2) is 47.8 Å². The summed E-state index contributed by atoms with van der Waals surface area (Å²) in [6.07, 6.45) is 0. The summed E-state index contributed by atoms with van der Waals surface area (Å²) in [5, 5.41) is 8.28. The van der Waals surface area contributed by atoms with E-state index >= 15 is 0 Å². The summed E-state index contributed by atoms with van der Waals surface area (Å²) in [6, 6.07) is 11.2. The van der Waals surface area contributed by atoms with Crippen LogP contribution in [0.5, 0.6) is 5.75 Å². The van der Waals surface area contributed by atoms with E-state index in [0.29, 0.717) is 16.9 Å². The number of aromatic nitrogens is 1. The Morgan fingerprint density at radius 3 is 2.50 bits per heavy atom. The summed E-state index contributed by atoms with van der Waals surface area (Å²) in [5.74, 6) is -0.679. The zero-order chi connectivity index (χ0) is 21.5. The molecular weight excluding hydrogens is 405 g/mol. The summed E-state index contributed by atoms with van der Waals surface area (Å²) in [7, 11) is 0. The molecular formula is C22H22FN3O3S. The van der Waals surface area contributed by atoms with Crippen LogP contribution in [0.25, 0.3) is 0 Å². The van der Waals surface area contributed by atoms with Crippen molar-refractivity contribution in [3.63, 3.8) is 0 Å². The highest BCUT2D eigenvalue weighted by molar-refractivity contribution is 7.09. The maximum Gasteiger partial charge on any atom is 0.255 e. The lowest BCUT2D eigenvalue weighted by atomic mass is 10.1. The average Bonchev–Trinajstić information content (AvgIpc) is 3.16. The van der Waals surface area contributed by atoms with E-state index in [0.717, 1.165) is 10.7 Å². The highest BCUT2D eigenvalue weighted by atomic mass is 32.1. The lowest BCUT2D eigenvalue weighted by Gasteiger charge is -2.11. The summed E-state index contributed by atoms with van der Waals surface area (Å²) in [6.45, 7) is 4.26. The number of ether oxygens (including phenoxy) is 1. The lowest BCUT2D eigenvalue weighted by Crippen LogP contribution is -2.34. The highest BCUT2D eigenvalue weighted by Gasteiger charge is 2.13. The SMILES string of the molecule is Cc1nc(COc2ccccc2C(=O)NCCNC(=O)c2ccc(C)c(F)c2)cs1. The van der Waals surface area contributed by atoms with Gasteiger partial charge in [-0.15, -0.1) is 11.3 Å². The van der Waals surface area contributed by atoms with Crippen LogP contribution in [0.3, 0.4) is 0 Å². The van der Waals surface area contributed by atoms with Crippen molar-refractivity contribution in [1.29, 1.82) is 0 Å². The smallest absolute Gasteiger partial charge is 0.255 e. The first-order valence-corrected chi connectivity index (χ1v) is 10.3. The number of hydrogen-bond acceptors (Lipinski definition) is 5. The molecule has 0 saturated heterocycles. The van der Waals surface area contributed by atoms with Crippen molar-refractivity contribution in [1.82, 2.24) is 15.6 Å². The van der Waals surface area contributed by atoms with Crippen LogP contribution < -0.4 is 15.4 Å². The van der Waals surface area contributed by atoms with Gasteiger partial charge in [-0.1, -0.05) is 18.2 Å². The first-order valence-electron chi connectivity index (χ1n) is 9.39. The third-order valence-corrected chi connectivity index (χ3v) is 5.13. The highest BCUT2D eigenvalue weighted by Crippen LogP contribution is 2.20. The predicted molar refractivity (Wildman–Crippen MR) is 113 cm³/mol. The van der Waals surface area contributed by atoms with Gasteiger partial charge in [-0.2, -0.15) is 0 Å². The van der Waals surface area contributed by atoms with E-state index in [4.69, 9.17) is 4.74 Å². The molecule has 0 aliphatic heterocycles. The molecule has 8 heteroatoms. The molecule has 0 radical (unpaired) electrons. The van der Waals surface area contributed by atoms with Crippen molar-refractivity contribution in [2.45, 2.75) is 20.5 Å². The van der Waals surface area contributed by atoms with Gasteiger partial charge in [-0.05, 0) is 43.7 Å². The number of carbonyl (C=O) groups is 2. The second kappa shape index (κ2) is 9.98. The second-order valence-corrected chi connectivity index (χ2v) is 7.68. The molecule has 0 aliphatic rings. The van der Waals surface area contributed by atoms with Gasteiger partial charge in [0.05, 0.1) is 16.3 Å². The quantitative estimate of drug-likeness (QED) is 0.538. The number of thiazole rings is 1. The number of benzene rings is 2. The molecule has 2 amide bonds. The Balaban J connectivity index is 1.50. The maximum atomic E-state index is 13.6. The maximum absolute atomic E-state index is 13.6. The summed E-state index contributed by atoms with van der Waals surface area (Å²) < 4.78 is 19.3. The van der Waals surface area contributed by atoms with Crippen molar-refractivity contribution in [3.05, 3.63) is 81.1 Å². The second-order valence-electron chi connectivity index (χ2n) is 6.62. The minimum Gasteiger partial charge on any atom is -0.486 e. The van der Waals surface area contributed by atoms with Gasteiger partial charge in [0.2, 0.25) is 0 Å². The molecule has 3 rings (SSSR count). The van der Waals surface area contributed by atoms with Crippen molar-refractivity contribution >= 4 is 23.2 Å². The van der Waals surface area contributed by atoms with Gasteiger partial charge in [0.25, 0.3) is 11.8 Å². The Kier molecular flexibility index (Phi) is 7.13. The molecule has 156 valence electrons. The number of rotatable bonds is 8. The number of nitrogens with one attached hydrogen (secondary N) is 2. The number of carbonyl (C=O) groups excluding carboxylic acids is 2. The van der Waals surface area contributed by atoms with Gasteiger partial charge in [-0.25, -0.2) is 9.37 Å². The number of para-hydroxylation sites is 1. The number of halogens is 1. The van der Waals surface area contributed by atoms with Crippen LogP contribution in [0, 0.1) is 19.7 Å². The Labute approximate surface area is 178 Å². The molecule has 1 heterocycles. The zero-order valence-corrected chi connectivity index (χ0v) is 17.5. The van der Waals surface area contributed by atoms with Gasteiger partial charge in [0.15, 0.2) is 0 Å². The standard InChI is InChI=1S/C22H22FN3O3S/c1-14-7-8-16(11-19(14)23)21(27)24-9-10-25-22(28)18-5-3-4-6-20(18)29-12-17-13-30-15(2)26-17/h3-8,11,13H,9-10,12H2,1-2H3,(H,24,27)(H,25,28). The van der Waals surface area contributed by atoms with Gasteiger partial charge in [0.1, 0.15) is 18.2 Å². The molecule has 0 atom stereocenters. The van der Waals surface area contributed by atoms with Crippen LogP contribution >= 0.6 is 11.3 Å². The minimum absolute atomic E-state index is 0.210. The fourth-order valence-corrected chi connectivity index (χ4v) is 3.29. The Morgan fingerprint density at radius 2 is 1.80 bits per heavy atom. The van der Waals surface area contributed by atoms with Crippen molar-refractivity contribution in [3.8, 4) is 5.75 Å². The molecule has 3 aromatic rings. The minimum atomic E-state index is -0.430. The zero-order valence-electron chi connectivity index (χ0n) is 16.7. The van der Waals surface area contributed by atoms with Crippen LogP contribution in [-0.2, 0) is 6.61 Å². The molecule has 0 saturated carbocycles. The Hall–Kier alpha value is -3.26. The Morgan fingerprint density at radius 1 is 1.07 bits per heavy atom. The number of aryl methyl sites for hydroxylation is 2.